The number of halogens is 2. The molecular formula is C39H38F2N4O3. The number of aromatic nitrogens is 2. The van der Waals surface area contributed by atoms with E-state index >= 15 is 4.39 Å². The van der Waals surface area contributed by atoms with E-state index in [2.05, 4.69) is 45.0 Å². The van der Waals surface area contributed by atoms with E-state index in [4.69, 9.17) is 20.9 Å². The van der Waals surface area contributed by atoms with Crippen LogP contribution in [0.1, 0.15) is 49.8 Å². The number of terminal acetylenes is 1. The number of rotatable bonds is 5. The minimum absolute atomic E-state index is 0.00109. The van der Waals surface area contributed by atoms with E-state index in [0.717, 1.165) is 32.4 Å². The molecule has 0 spiro atoms. The lowest BCUT2D eigenvalue weighted by Crippen LogP contribution is -2.41. The van der Waals surface area contributed by atoms with E-state index in [1.54, 1.807) is 12.1 Å². The Labute approximate surface area is 279 Å². The fourth-order valence-corrected chi connectivity index (χ4v) is 7.59. The molecule has 0 amide bonds. The lowest BCUT2D eigenvalue weighted by atomic mass is 9.89. The molecule has 0 bridgehead atoms. The van der Waals surface area contributed by atoms with E-state index in [-0.39, 0.29) is 39.5 Å². The van der Waals surface area contributed by atoms with Gasteiger partial charge in [0.15, 0.2) is 5.82 Å². The highest BCUT2D eigenvalue weighted by Gasteiger charge is 2.48. The van der Waals surface area contributed by atoms with Crippen molar-refractivity contribution in [2.24, 2.45) is 0 Å². The number of phenolic OH excluding ortho intramolecular Hbond substituents is 1. The van der Waals surface area contributed by atoms with Crippen molar-refractivity contribution < 1.29 is 23.4 Å². The summed E-state index contributed by atoms with van der Waals surface area (Å²) < 4.78 is 43.9. The molecule has 1 N–H and O–H groups in total. The van der Waals surface area contributed by atoms with E-state index < -0.39 is 11.6 Å². The Balaban J connectivity index is 0.00000179. The molecule has 3 aliphatic heterocycles. The van der Waals surface area contributed by atoms with Gasteiger partial charge in [-0.2, -0.15) is 9.97 Å². The maximum atomic E-state index is 16.9. The molecule has 246 valence electrons. The monoisotopic (exact) mass is 648 g/mol. The molecule has 4 aromatic carbocycles. The van der Waals surface area contributed by atoms with Gasteiger partial charge in [-0.3, -0.25) is 4.90 Å². The summed E-state index contributed by atoms with van der Waals surface area (Å²) in [6.45, 7) is 8.61. The van der Waals surface area contributed by atoms with Gasteiger partial charge in [0.1, 0.15) is 29.5 Å². The highest BCUT2D eigenvalue weighted by molar-refractivity contribution is 6.04. The highest BCUT2D eigenvalue weighted by Crippen LogP contribution is 2.47. The van der Waals surface area contributed by atoms with Gasteiger partial charge in [0, 0.05) is 42.6 Å². The smallest absolute Gasteiger partial charge is 0.319 e. The van der Waals surface area contributed by atoms with Crippen LogP contribution in [0.25, 0.3) is 32.8 Å². The van der Waals surface area contributed by atoms with Crippen molar-refractivity contribution in [3.05, 3.63) is 89.0 Å². The molecule has 7 nitrogen and oxygen atoms in total. The van der Waals surface area contributed by atoms with E-state index in [9.17, 15) is 9.50 Å². The van der Waals surface area contributed by atoms with Crippen molar-refractivity contribution >= 4 is 27.5 Å². The minimum Gasteiger partial charge on any atom is -0.508 e. The number of benzene rings is 4. The van der Waals surface area contributed by atoms with Gasteiger partial charge in [0.05, 0.1) is 17.7 Å². The molecule has 2 saturated heterocycles. The van der Waals surface area contributed by atoms with E-state index in [1.165, 1.54) is 35.4 Å². The van der Waals surface area contributed by atoms with Crippen molar-refractivity contribution in [1.29, 1.82) is 0 Å². The summed E-state index contributed by atoms with van der Waals surface area (Å²) in [6, 6.07) is 17.6. The molecule has 2 fully saturated rings. The number of hydrogen-bond acceptors (Lipinski definition) is 7. The Bertz CT molecular complexity index is 2050. The zero-order chi connectivity index (χ0) is 33.4. The zero-order valence-electron chi connectivity index (χ0n) is 27.2. The summed E-state index contributed by atoms with van der Waals surface area (Å²) in [5.41, 5.74) is 2.76. The molecular weight excluding hydrogens is 610 g/mol. The fraction of sp³-hybridized carbons (Fsp3) is 0.333. The first-order valence-corrected chi connectivity index (χ1v) is 16.7. The molecule has 48 heavy (non-hydrogen) atoms. The second-order valence-electron chi connectivity index (χ2n) is 12.3. The molecule has 1 aromatic heterocycles. The van der Waals surface area contributed by atoms with Crippen LogP contribution in [0.3, 0.4) is 0 Å². The SMILES string of the molecule is C#Cc1c(F)ccc2cc(O)cc(-c3ccc4c(N5CCCOCC5)nc(OCC56CCCN5Cc5ccccc56)nc4c3F)c12.CC. The largest absolute Gasteiger partial charge is 0.508 e. The van der Waals surface area contributed by atoms with Gasteiger partial charge in [-0.05, 0) is 72.1 Å². The maximum Gasteiger partial charge on any atom is 0.319 e. The first-order chi connectivity index (χ1) is 23.5. The van der Waals surface area contributed by atoms with Crippen LogP contribution in [0, 0.1) is 24.0 Å². The average Bonchev–Trinajstić information content (AvgIpc) is 3.51. The van der Waals surface area contributed by atoms with Crippen molar-refractivity contribution in [3.8, 4) is 35.2 Å². The summed E-state index contributed by atoms with van der Waals surface area (Å²) in [6.07, 6.45) is 8.52. The number of anilines is 1. The van der Waals surface area contributed by atoms with Crippen LogP contribution in [0.4, 0.5) is 14.6 Å². The summed E-state index contributed by atoms with van der Waals surface area (Å²) >= 11 is 0. The van der Waals surface area contributed by atoms with Gasteiger partial charge in [0.25, 0.3) is 0 Å². The number of nitrogens with zero attached hydrogens (tertiary/aromatic N) is 4. The van der Waals surface area contributed by atoms with Crippen LogP contribution in [-0.2, 0) is 16.8 Å². The predicted molar refractivity (Wildman–Crippen MR) is 184 cm³/mol. The van der Waals surface area contributed by atoms with Gasteiger partial charge in [-0.1, -0.05) is 56.2 Å². The third kappa shape index (κ3) is 5.29. The lowest BCUT2D eigenvalue weighted by molar-refractivity contribution is 0.0826. The Kier molecular flexibility index (Phi) is 8.63. The van der Waals surface area contributed by atoms with Gasteiger partial charge in [0.2, 0.25) is 0 Å². The molecule has 1 unspecified atom stereocenters. The number of aromatic hydroxyl groups is 1. The topological polar surface area (TPSA) is 71.0 Å². The predicted octanol–water partition coefficient (Wildman–Crippen LogP) is 7.55. The van der Waals surface area contributed by atoms with E-state index in [1.807, 2.05) is 13.8 Å². The standard InChI is InChI=1S/C37H32F2N4O3.C2H6/c1-2-26-31(38)12-9-23-19-25(44)20-29(32(23)26)27-10-11-28-34(33(27)39)40-36(41-35(28)42-14-6-17-45-18-16-42)46-22-37-13-5-15-43(37)21-24-7-3-4-8-30(24)37;1-2/h1,3-4,7-12,19-20,44H,5-6,13-18,21-22H2;1-2H3. The quantitative estimate of drug-likeness (QED) is 0.197. The molecule has 5 aromatic rings. The zero-order valence-corrected chi connectivity index (χ0v) is 27.2. The van der Waals surface area contributed by atoms with Gasteiger partial charge >= 0.3 is 6.01 Å². The van der Waals surface area contributed by atoms with Gasteiger partial charge in [-0.15, -0.1) is 6.42 Å². The van der Waals surface area contributed by atoms with Crippen molar-refractivity contribution in [2.75, 3.05) is 44.4 Å². The van der Waals surface area contributed by atoms with Crippen molar-refractivity contribution in [1.82, 2.24) is 14.9 Å². The lowest BCUT2D eigenvalue weighted by Gasteiger charge is -2.32. The first-order valence-electron chi connectivity index (χ1n) is 16.7. The molecule has 3 aliphatic rings. The van der Waals surface area contributed by atoms with Crippen LogP contribution in [0.5, 0.6) is 11.8 Å². The van der Waals surface area contributed by atoms with Crippen LogP contribution in [-0.4, -0.2) is 59.4 Å². The number of phenols is 1. The number of hydrogen-bond donors (Lipinski definition) is 1. The molecule has 8 rings (SSSR count). The Hall–Kier alpha value is -4.78. The average molecular weight is 649 g/mol. The Morgan fingerprint density at radius 2 is 1.83 bits per heavy atom. The maximum absolute atomic E-state index is 16.9. The van der Waals surface area contributed by atoms with E-state index in [0.29, 0.717) is 54.9 Å². The highest BCUT2D eigenvalue weighted by atomic mass is 19.1. The molecule has 0 saturated carbocycles. The van der Waals surface area contributed by atoms with Crippen LogP contribution in [0.2, 0.25) is 0 Å². The summed E-state index contributed by atoms with van der Waals surface area (Å²) in [7, 11) is 0. The molecule has 0 aliphatic carbocycles. The molecule has 0 radical (unpaired) electrons. The second-order valence-corrected chi connectivity index (χ2v) is 12.3. The third-order valence-corrected chi connectivity index (χ3v) is 9.72. The Morgan fingerprint density at radius 3 is 2.69 bits per heavy atom. The second kappa shape index (κ2) is 13.0. The van der Waals surface area contributed by atoms with Crippen LogP contribution < -0.4 is 9.64 Å². The Morgan fingerprint density at radius 1 is 0.979 bits per heavy atom. The fourth-order valence-electron chi connectivity index (χ4n) is 7.59. The normalized spacial score (nSPS) is 18.9. The van der Waals surface area contributed by atoms with Crippen LogP contribution >= 0.6 is 0 Å². The number of fused-ring (bicyclic) bond motifs is 5. The van der Waals surface area contributed by atoms with Crippen LogP contribution in [0.15, 0.2) is 60.7 Å². The van der Waals surface area contributed by atoms with Crippen molar-refractivity contribution in [2.45, 2.75) is 45.2 Å². The summed E-state index contributed by atoms with van der Waals surface area (Å²) in [4.78, 5) is 14.1. The minimum atomic E-state index is -0.636. The summed E-state index contributed by atoms with van der Waals surface area (Å²) in [5, 5.41) is 11.9. The summed E-state index contributed by atoms with van der Waals surface area (Å²) in [5.74, 6) is 1.66. The van der Waals surface area contributed by atoms with Crippen molar-refractivity contribution in [3.63, 3.8) is 0 Å². The number of ether oxygens (including phenoxy) is 2. The third-order valence-electron chi connectivity index (χ3n) is 9.72. The van der Waals surface area contributed by atoms with Gasteiger partial charge in [-0.25, -0.2) is 8.78 Å². The first kappa shape index (κ1) is 31.8. The molecule has 1 atom stereocenters. The van der Waals surface area contributed by atoms with Gasteiger partial charge < -0.3 is 19.5 Å². The molecule has 4 heterocycles. The molecule has 9 heteroatoms.